The van der Waals surface area contributed by atoms with Gasteiger partial charge in [0, 0.05) is 24.4 Å². The molecule has 110 valence electrons. The number of pyridine rings is 1. The number of nitrogens with one attached hydrogen (secondary N) is 1. The summed E-state index contributed by atoms with van der Waals surface area (Å²) in [6.45, 7) is 2.52. The summed E-state index contributed by atoms with van der Waals surface area (Å²) in [5.74, 6) is 0.576. The SMILES string of the molecule is CCc1ccc(Oc2ncccc2CNC)c([N+](=O)[O-])c1. The standard InChI is InChI=1S/C15H17N3O3/c1-3-11-6-7-14(13(9-11)18(19)20)21-15-12(10-16-2)5-4-8-17-15/h4-9,16H,3,10H2,1-2H3. The molecule has 0 aliphatic heterocycles. The molecule has 0 spiro atoms. The number of ether oxygens (including phenoxy) is 1. The molecule has 0 aliphatic carbocycles. The molecule has 2 rings (SSSR count). The smallest absolute Gasteiger partial charge is 0.311 e. The lowest BCUT2D eigenvalue weighted by atomic mass is 10.1. The number of hydrogen-bond acceptors (Lipinski definition) is 5. The van der Waals surface area contributed by atoms with Gasteiger partial charge < -0.3 is 10.1 Å². The van der Waals surface area contributed by atoms with Gasteiger partial charge in [-0.2, -0.15) is 0 Å². The Hall–Kier alpha value is -2.47. The van der Waals surface area contributed by atoms with Crippen molar-refractivity contribution in [1.82, 2.24) is 10.3 Å². The van der Waals surface area contributed by atoms with Crippen molar-refractivity contribution in [3.05, 3.63) is 57.8 Å². The number of nitro benzene ring substituents is 1. The maximum atomic E-state index is 11.2. The fourth-order valence-corrected chi connectivity index (χ4v) is 1.96. The van der Waals surface area contributed by atoms with Gasteiger partial charge in [0.05, 0.1) is 4.92 Å². The second kappa shape index (κ2) is 6.81. The Morgan fingerprint density at radius 1 is 1.38 bits per heavy atom. The highest BCUT2D eigenvalue weighted by Crippen LogP contribution is 2.32. The molecule has 0 atom stereocenters. The predicted molar refractivity (Wildman–Crippen MR) is 79.5 cm³/mol. The molecule has 0 saturated carbocycles. The Morgan fingerprint density at radius 2 is 2.19 bits per heavy atom. The van der Waals surface area contributed by atoms with E-state index in [9.17, 15) is 10.1 Å². The van der Waals surface area contributed by atoms with Crippen LogP contribution in [0.2, 0.25) is 0 Å². The van der Waals surface area contributed by atoms with Crippen LogP contribution in [0.4, 0.5) is 5.69 Å². The summed E-state index contributed by atoms with van der Waals surface area (Å²) in [6, 6.07) is 8.65. The van der Waals surface area contributed by atoms with Gasteiger partial charge in [-0.15, -0.1) is 0 Å². The number of benzene rings is 1. The van der Waals surface area contributed by atoms with E-state index < -0.39 is 4.92 Å². The van der Waals surface area contributed by atoms with E-state index >= 15 is 0 Å². The average molecular weight is 287 g/mol. The van der Waals surface area contributed by atoms with Crippen molar-refractivity contribution in [1.29, 1.82) is 0 Å². The van der Waals surface area contributed by atoms with E-state index in [0.717, 1.165) is 17.5 Å². The Morgan fingerprint density at radius 3 is 2.86 bits per heavy atom. The zero-order valence-electron chi connectivity index (χ0n) is 12.0. The Labute approximate surface area is 122 Å². The minimum atomic E-state index is -0.435. The summed E-state index contributed by atoms with van der Waals surface area (Å²) in [5, 5.41) is 14.2. The molecule has 0 aliphatic rings. The molecule has 0 amide bonds. The molecule has 0 saturated heterocycles. The van der Waals surface area contributed by atoms with Crippen molar-refractivity contribution < 1.29 is 9.66 Å². The van der Waals surface area contributed by atoms with E-state index in [1.54, 1.807) is 18.3 Å². The maximum Gasteiger partial charge on any atom is 0.311 e. The highest BCUT2D eigenvalue weighted by Gasteiger charge is 2.18. The van der Waals surface area contributed by atoms with E-state index in [1.165, 1.54) is 6.07 Å². The second-order valence-electron chi connectivity index (χ2n) is 4.51. The Bertz CT molecular complexity index is 644. The first-order chi connectivity index (χ1) is 10.2. The van der Waals surface area contributed by atoms with Gasteiger partial charge in [-0.1, -0.05) is 19.1 Å². The number of aromatic nitrogens is 1. The highest BCUT2D eigenvalue weighted by molar-refractivity contribution is 5.50. The lowest BCUT2D eigenvalue weighted by Gasteiger charge is -2.10. The van der Waals surface area contributed by atoms with Gasteiger partial charge in [0.2, 0.25) is 11.6 Å². The van der Waals surface area contributed by atoms with Crippen LogP contribution in [0.5, 0.6) is 11.6 Å². The molecule has 1 aromatic carbocycles. The Kier molecular flexibility index (Phi) is 4.84. The number of aryl methyl sites for hydroxylation is 1. The lowest BCUT2D eigenvalue weighted by molar-refractivity contribution is -0.385. The van der Waals surface area contributed by atoms with Crippen LogP contribution in [0.15, 0.2) is 36.5 Å². The van der Waals surface area contributed by atoms with Crippen molar-refractivity contribution >= 4 is 5.69 Å². The van der Waals surface area contributed by atoms with Crippen LogP contribution >= 0.6 is 0 Å². The maximum absolute atomic E-state index is 11.2. The van der Waals surface area contributed by atoms with Gasteiger partial charge in [0.1, 0.15) is 0 Å². The van der Waals surface area contributed by atoms with Crippen molar-refractivity contribution in [3.63, 3.8) is 0 Å². The van der Waals surface area contributed by atoms with Crippen molar-refractivity contribution in [3.8, 4) is 11.6 Å². The van der Waals surface area contributed by atoms with E-state index in [-0.39, 0.29) is 11.4 Å². The van der Waals surface area contributed by atoms with E-state index in [2.05, 4.69) is 10.3 Å². The first-order valence-corrected chi connectivity index (χ1v) is 6.69. The van der Waals surface area contributed by atoms with Crippen molar-refractivity contribution in [2.75, 3.05) is 7.05 Å². The molecule has 0 unspecified atom stereocenters. The Balaban J connectivity index is 2.37. The van der Waals surface area contributed by atoms with Gasteiger partial charge in [-0.25, -0.2) is 4.98 Å². The molecule has 1 heterocycles. The van der Waals surface area contributed by atoms with Gasteiger partial charge >= 0.3 is 5.69 Å². The van der Waals surface area contributed by atoms with Gasteiger partial charge in [0.25, 0.3) is 0 Å². The normalized spacial score (nSPS) is 10.4. The largest absolute Gasteiger partial charge is 0.431 e. The van der Waals surface area contributed by atoms with E-state index in [1.807, 2.05) is 26.1 Å². The summed E-state index contributed by atoms with van der Waals surface area (Å²) in [7, 11) is 1.81. The molecule has 6 nitrogen and oxygen atoms in total. The van der Waals surface area contributed by atoms with Crippen LogP contribution in [0.25, 0.3) is 0 Å². The number of nitro groups is 1. The minimum absolute atomic E-state index is 0.0459. The summed E-state index contributed by atoms with van der Waals surface area (Å²) in [6.07, 6.45) is 2.33. The first-order valence-electron chi connectivity index (χ1n) is 6.69. The molecular formula is C15H17N3O3. The van der Waals surface area contributed by atoms with Crippen LogP contribution in [-0.2, 0) is 13.0 Å². The second-order valence-corrected chi connectivity index (χ2v) is 4.51. The third-order valence-corrected chi connectivity index (χ3v) is 3.05. The third-order valence-electron chi connectivity index (χ3n) is 3.05. The summed E-state index contributed by atoms with van der Waals surface area (Å²) in [5.41, 5.74) is 1.69. The van der Waals surface area contributed by atoms with E-state index in [4.69, 9.17) is 4.74 Å². The quantitative estimate of drug-likeness (QED) is 0.652. The predicted octanol–water partition coefficient (Wildman–Crippen LogP) is 3.06. The summed E-state index contributed by atoms with van der Waals surface area (Å²) in [4.78, 5) is 14.9. The number of hydrogen-bond donors (Lipinski definition) is 1. The minimum Gasteiger partial charge on any atom is -0.431 e. The molecule has 2 aromatic rings. The van der Waals surface area contributed by atoms with Crippen molar-refractivity contribution in [2.45, 2.75) is 19.9 Å². The molecule has 1 N–H and O–H groups in total. The molecular weight excluding hydrogens is 270 g/mol. The van der Waals surface area contributed by atoms with Gasteiger partial charge in [0.15, 0.2) is 0 Å². The summed E-state index contributed by atoms with van der Waals surface area (Å²) >= 11 is 0. The zero-order valence-corrected chi connectivity index (χ0v) is 12.0. The summed E-state index contributed by atoms with van der Waals surface area (Å²) < 4.78 is 5.66. The molecule has 6 heteroatoms. The molecule has 0 bridgehead atoms. The third kappa shape index (κ3) is 3.55. The van der Waals surface area contributed by atoms with Gasteiger partial charge in [-0.3, -0.25) is 10.1 Å². The van der Waals surface area contributed by atoms with Crippen LogP contribution in [0, 0.1) is 10.1 Å². The monoisotopic (exact) mass is 287 g/mol. The fourth-order valence-electron chi connectivity index (χ4n) is 1.96. The zero-order chi connectivity index (χ0) is 15.2. The fraction of sp³-hybridized carbons (Fsp3) is 0.267. The topological polar surface area (TPSA) is 77.3 Å². The van der Waals surface area contributed by atoms with Gasteiger partial charge in [-0.05, 0) is 31.2 Å². The molecule has 0 fully saturated rings. The molecule has 0 radical (unpaired) electrons. The van der Waals surface area contributed by atoms with Crippen LogP contribution in [0.1, 0.15) is 18.1 Å². The number of rotatable bonds is 6. The lowest BCUT2D eigenvalue weighted by Crippen LogP contribution is -2.07. The van der Waals surface area contributed by atoms with Crippen LogP contribution in [0.3, 0.4) is 0 Å². The van der Waals surface area contributed by atoms with E-state index in [0.29, 0.717) is 12.4 Å². The van der Waals surface area contributed by atoms with Crippen LogP contribution < -0.4 is 10.1 Å². The number of nitrogens with zero attached hydrogens (tertiary/aromatic N) is 2. The highest BCUT2D eigenvalue weighted by atomic mass is 16.6. The van der Waals surface area contributed by atoms with Crippen molar-refractivity contribution in [2.24, 2.45) is 0 Å². The molecule has 21 heavy (non-hydrogen) atoms. The first kappa shape index (κ1) is 14.9. The van der Waals surface area contributed by atoms with Crippen LogP contribution in [-0.4, -0.2) is 17.0 Å². The molecule has 1 aromatic heterocycles. The average Bonchev–Trinajstić information content (AvgIpc) is 2.49.